The fourth-order valence-electron chi connectivity index (χ4n) is 4.41. The van der Waals surface area contributed by atoms with Crippen molar-refractivity contribution in [3.8, 4) is 5.69 Å². The van der Waals surface area contributed by atoms with E-state index in [1.807, 2.05) is 55.5 Å². The normalized spacial score (nSPS) is 14.7. The van der Waals surface area contributed by atoms with E-state index in [1.54, 1.807) is 4.90 Å². The number of fused-ring (bicyclic) bond motifs is 3. The van der Waals surface area contributed by atoms with E-state index in [0.29, 0.717) is 12.2 Å². The molecule has 1 aliphatic heterocycles. The minimum Gasteiger partial charge on any atom is -0.378 e. The first-order valence-corrected chi connectivity index (χ1v) is 11.4. The predicted molar refractivity (Wildman–Crippen MR) is 134 cm³/mol. The maximum absolute atomic E-state index is 13.7. The van der Waals surface area contributed by atoms with Crippen molar-refractivity contribution in [3.05, 3.63) is 113 Å². The van der Waals surface area contributed by atoms with E-state index >= 15 is 0 Å². The van der Waals surface area contributed by atoms with Crippen LogP contribution in [0.4, 0.5) is 20.6 Å². The number of rotatable bonds is 3. The van der Waals surface area contributed by atoms with Gasteiger partial charge in [-0.25, -0.2) is 9.18 Å². The van der Waals surface area contributed by atoms with E-state index in [0.717, 1.165) is 28.2 Å². The molecule has 3 aromatic carbocycles. The maximum Gasteiger partial charge on any atom is 0.322 e. The lowest BCUT2D eigenvalue weighted by Gasteiger charge is -2.31. The smallest absolute Gasteiger partial charge is 0.322 e. The molecule has 0 saturated carbocycles. The number of hydrogen-bond acceptors (Lipinski definition) is 2. The zero-order valence-electron chi connectivity index (χ0n) is 18.9. The van der Waals surface area contributed by atoms with Crippen LogP contribution < -0.4 is 10.2 Å². The number of anilines is 2. The summed E-state index contributed by atoms with van der Waals surface area (Å²) in [5.74, 6) is -0.528. The van der Waals surface area contributed by atoms with Gasteiger partial charge in [0.1, 0.15) is 5.82 Å². The molecule has 2 heterocycles. The third kappa shape index (κ3) is 4.01. The molecule has 1 unspecified atom stereocenters. The quantitative estimate of drug-likeness (QED) is 0.369. The number of benzene rings is 3. The van der Waals surface area contributed by atoms with E-state index in [1.165, 1.54) is 18.2 Å². The molecule has 7 heteroatoms. The average molecular weight is 475 g/mol. The third-order valence-electron chi connectivity index (χ3n) is 6.12. The van der Waals surface area contributed by atoms with Gasteiger partial charge in [-0.15, -0.1) is 0 Å². The van der Waals surface area contributed by atoms with Gasteiger partial charge in [0, 0.05) is 37.4 Å². The molecule has 34 heavy (non-hydrogen) atoms. The lowest BCUT2D eigenvalue weighted by molar-refractivity contribution is 0.194. The maximum atomic E-state index is 13.7. The first kappa shape index (κ1) is 22.0. The zero-order chi connectivity index (χ0) is 23.8. The number of hydrogen-bond donors (Lipinski definition) is 1. The molecule has 1 atom stereocenters. The second-order valence-electron chi connectivity index (χ2n) is 8.51. The molecule has 2 amide bonds. The highest BCUT2D eigenvalue weighted by molar-refractivity contribution is 6.31. The van der Waals surface area contributed by atoms with Crippen LogP contribution in [0.5, 0.6) is 0 Å². The highest BCUT2D eigenvalue weighted by Crippen LogP contribution is 2.37. The van der Waals surface area contributed by atoms with Gasteiger partial charge in [0.05, 0.1) is 23.3 Å². The Morgan fingerprint density at radius 3 is 2.53 bits per heavy atom. The van der Waals surface area contributed by atoms with Crippen molar-refractivity contribution in [3.63, 3.8) is 0 Å². The van der Waals surface area contributed by atoms with Crippen molar-refractivity contribution in [1.82, 2.24) is 9.47 Å². The molecule has 1 aromatic heterocycles. The van der Waals surface area contributed by atoms with Gasteiger partial charge in [0.15, 0.2) is 0 Å². The first-order valence-electron chi connectivity index (χ1n) is 11.0. The number of aromatic nitrogens is 1. The topological polar surface area (TPSA) is 40.5 Å². The lowest BCUT2D eigenvalue weighted by atomic mass is 10.0. The summed E-state index contributed by atoms with van der Waals surface area (Å²) < 4.78 is 15.8. The molecule has 5 nitrogen and oxygen atoms in total. The summed E-state index contributed by atoms with van der Waals surface area (Å²) in [6.45, 7) is 0.402. The Kier molecular flexibility index (Phi) is 5.75. The van der Waals surface area contributed by atoms with Crippen molar-refractivity contribution < 1.29 is 9.18 Å². The summed E-state index contributed by atoms with van der Waals surface area (Å²) in [5.41, 5.74) is 5.55. The van der Waals surface area contributed by atoms with E-state index in [2.05, 4.69) is 40.2 Å². The van der Waals surface area contributed by atoms with Crippen LogP contribution in [0.3, 0.4) is 0 Å². The van der Waals surface area contributed by atoms with Crippen LogP contribution >= 0.6 is 11.6 Å². The lowest BCUT2D eigenvalue weighted by Crippen LogP contribution is -2.38. The summed E-state index contributed by atoms with van der Waals surface area (Å²) in [6, 6.07) is 23.9. The Morgan fingerprint density at radius 2 is 1.79 bits per heavy atom. The summed E-state index contributed by atoms with van der Waals surface area (Å²) in [7, 11) is 3.99. The summed E-state index contributed by atoms with van der Waals surface area (Å²) in [4.78, 5) is 17.5. The largest absolute Gasteiger partial charge is 0.378 e. The molecule has 4 aromatic rings. The molecule has 0 aliphatic carbocycles. The molecule has 0 fully saturated rings. The van der Waals surface area contributed by atoms with Crippen molar-refractivity contribution in [2.45, 2.75) is 12.6 Å². The average Bonchev–Trinajstić information content (AvgIpc) is 3.26. The Morgan fingerprint density at radius 1 is 1.03 bits per heavy atom. The van der Waals surface area contributed by atoms with Gasteiger partial charge in [-0.2, -0.15) is 0 Å². The predicted octanol–water partition coefficient (Wildman–Crippen LogP) is 6.47. The van der Waals surface area contributed by atoms with Crippen LogP contribution in [0.2, 0.25) is 5.02 Å². The van der Waals surface area contributed by atoms with Gasteiger partial charge in [-0.1, -0.05) is 41.9 Å². The molecule has 172 valence electrons. The molecule has 0 saturated heterocycles. The van der Waals surface area contributed by atoms with Crippen LogP contribution in [0, 0.1) is 5.82 Å². The van der Waals surface area contributed by atoms with Gasteiger partial charge in [-0.05, 0) is 59.7 Å². The highest BCUT2D eigenvalue weighted by atomic mass is 35.5. The molecule has 0 radical (unpaired) electrons. The van der Waals surface area contributed by atoms with Gasteiger partial charge in [0.2, 0.25) is 0 Å². The van der Waals surface area contributed by atoms with Gasteiger partial charge >= 0.3 is 6.03 Å². The highest BCUT2D eigenvalue weighted by Gasteiger charge is 2.33. The molecule has 1 N–H and O–H groups in total. The van der Waals surface area contributed by atoms with Crippen molar-refractivity contribution in [1.29, 1.82) is 0 Å². The van der Waals surface area contributed by atoms with Crippen molar-refractivity contribution in [2.75, 3.05) is 24.3 Å². The fraction of sp³-hybridized carbons (Fsp3) is 0.148. The summed E-state index contributed by atoms with van der Waals surface area (Å²) >= 11 is 5.95. The Labute approximate surface area is 203 Å². The minimum absolute atomic E-state index is 0.0382. The second-order valence-corrected chi connectivity index (χ2v) is 8.91. The van der Waals surface area contributed by atoms with Crippen LogP contribution in [0.25, 0.3) is 5.69 Å². The summed E-state index contributed by atoms with van der Waals surface area (Å²) in [6.07, 6.45) is 2.02. The third-order valence-corrected chi connectivity index (χ3v) is 6.41. The molecular weight excluding hydrogens is 451 g/mol. The monoisotopic (exact) mass is 474 g/mol. The molecule has 5 rings (SSSR count). The first-order chi connectivity index (χ1) is 16.4. The van der Waals surface area contributed by atoms with Crippen LogP contribution in [-0.2, 0) is 6.54 Å². The number of halogens is 2. The number of amides is 2. The van der Waals surface area contributed by atoms with Gasteiger partial charge in [-0.3, -0.25) is 0 Å². The Bertz CT molecular complexity index is 1350. The van der Waals surface area contributed by atoms with Gasteiger partial charge in [0.25, 0.3) is 0 Å². The van der Waals surface area contributed by atoms with Gasteiger partial charge < -0.3 is 19.7 Å². The molecule has 0 bridgehead atoms. The Balaban J connectivity index is 1.60. The SMILES string of the molecule is CN(C)c1ccc(C2c3cccn3-c3ccccc3CN2C(=O)Nc2ccc(F)c(Cl)c2)cc1. The number of urea groups is 1. The number of carbonyl (C=O) groups is 1. The minimum atomic E-state index is -0.528. The molecular formula is C27H24ClFN4O. The Hall–Kier alpha value is -3.77. The fourth-order valence-corrected chi connectivity index (χ4v) is 4.59. The van der Waals surface area contributed by atoms with E-state index in [9.17, 15) is 9.18 Å². The number of nitrogens with one attached hydrogen (secondary N) is 1. The van der Waals surface area contributed by atoms with E-state index in [-0.39, 0.29) is 17.1 Å². The van der Waals surface area contributed by atoms with Crippen LogP contribution in [-0.4, -0.2) is 29.6 Å². The standard InChI is InChI=1S/C27H24ClFN4O/c1-31(2)21-12-9-18(10-13-21)26-25-8-5-15-32(25)24-7-4-3-6-19(24)17-33(26)27(34)30-20-11-14-23(29)22(28)16-20/h3-16,26H,17H2,1-2H3,(H,30,34). The van der Waals surface area contributed by atoms with Crippen LogP contribution in [0.15, 0.2) is 85.1 Å². The van der Waals surface area contributed by atoms with E-state index < -0.39 is 5.82 Å². The summed E-state index contributed by atoms with van der Waals surface area (Å²) in [5, 5.41) is 2.87. The van der Waals surface area contributed by atoms with Crippen molar-refractivity contribution >= 4 is 29.0 Å². The number of para-hydroxylation sites is 1. The second kappa shape index (κ2) is 8.88. The number of nitrogens with zero attached hydrogens (tertiary/aromatic N) is 3. The van der Waals surface area contributed by atoms with Crippen LogP contribution in [0.1, 0.15) is 22.9 Å². The zero-order valence-corrected chi connectivity index (χ0v) is 19.6. The number of carbonyl (C=O) groups excluding carboxylic acids is 1. The molecule has 1 aliphatic rings. The molecule has 0 spiro atoms. The van der Waals surface area contributed by atoms with E-state index in [4.69, 9.17) is 11.6 Å². The van der Waals surface area contributed by atoms with Crippen molar-refractivity contribution in [2.24, 2.45) is 0 Å².